The van der Waals surface area contributed by atoms with Crippen LogP contribution in [0.15, 0.2) is 40.9 Å². The van der Waals surface area contributed by atoms with E-state index in [0.717, 1.165) is 24.0 Å². The van der Waals surface area contributed by atoms with Crippen molar-refractivity contribution in [1.29, 1.82) is 0 Å². The summed E-state index contributed by atoms with van der Waals surface area (Å²) < 4.78 is 1.11. The van der Waals surface area contributed by atoms with E-state index in [9.17, 15) is 0 Å². The molecule has 2 N–H and O–H groups in total. The molecule has 1 aliphatic heterocycles. The first-order valence-electron chi connectivity index (χ1n) is 6.59. The lowest BCUT2D eigenvalue weighted by Crippen LogP contribution is -2.04. The van der Waals surface area contributed by atoms with Gasteiger partial charge in [-0.1, -0.05) is 40.2 Å². The highest BCUT2D eigenvalue weighted by molar-refractivity contribution is 9.10. The number of hydrogen-bond acceptors (Lipinski definition) is 2. The topological polar surface area (TPSA) is 24.1 Å². The summed E-state index contributed by atoms with van der Waals surface area (Å²) in [7, 11) is 0. The summed E-state index contributed by atoms with van der Waals surface area (Å²) in [6.45, 7) is 4.04. The first-order valence-corrected chi connectivity index (χ1v) is 7.38. The molecule has 1 aliphatic rings. The maximum absolute atomic E-state index is 3.53. The normalized spacial score (nSPS) is 12.9. The molecular weight excluding hydrogens is 300 g/mol. The zero-order valence-corrected chi connectivity index (χ0v) is 12.5. The first-order chi connectivity index (χ1) is 9.24. The van der Waals surface area contributed by atoms with Crippen molar-refractivity contribution in [2.24, 2.45) is 0 Å². The number of anilines is 2. The predicted octanol–water partition coefficient (Wildman–Crippen LogP) is 4.34. The molecule has 3 heteroatoms. The number of hydrogen-bond donors (Lipinski definition) is 2. The quantitative estimate of drug-likeness (QED) is 0.880. The Hall–Kier alpha value is -1.48. The van der Waals surface area contributed by atoms with Gasteiger partial charge in [-0.05, 0) is 42.2 Å². The van der Waals surface area contributed by atoms with E-state index in [1.807, 2.05) is 0 Å². The average Bonchev–Trinajstić information content (AvgIpc) is 2.88. The van der Waals surface area contributed by atoms with Gasteiger partial charge < -0.3 is 10.6 Å². The molecule has 1 heterocycles. The van der Waals surface area contributed by atoms with E-state index in [1.54, 1.807) is 0 Å². The van der Waals surface area contributed by atoms with Gasteiger partial charge in [-0.25, -0.2) is 0 Å². The van der Waals surface area contributed by atoms with Crippen LogP contribution in [0.4, 0.5) is 11.4 Å². The lowest BCUT2D eigenvalue weighted by molar-refractivity contribution is 1.11. The van der Waals surface area contributed by atoms with Crippen LogP contribution in [0, 0.1) is 6.92 Å². The van der Waals surface area contributed by atoms with Gasteiger partial charge in [0.2, 0.25) is 0 Å². The van der Waals surface area contributed by atoms with Crippen molar-refractivity contribution < 1.29 is 0 Å². The van der Waals surface area contributed by atoms with Crippen molar-refractivity contribution in [1.82, 2.24) is 0 Å². The Morgan fingerprint density at radius 2 is 2.16 bits per heavy atom. The highest BCUT2D eigenvalue weighted by Gasteiger charge is 2.13. The molecule has 0 aliphatic carbocycles. The van der Waals surface area contributed by atoms with Crippen LogP contribution in [0.5, 0.6) is 0 Å². The fourth-order valence-electron chi connectivity index (χ4n) is 2.53. The fourth-order valence-corrected chi connectivity index (χ4v) is 2.89. The largest absolute Gasteiger partial charge is 0.384 e. The minimum absolute atomic E-state index is 0.855. The highest BCUT2D eigenvalue weighted by Crippen LogP contribution is 2.28. The zero-order chi connectivity index (χ0) is 13.2. The Morgan fingerprint density at radius 3 is 3.05 bits per heavy atom. The standard InChI is InChI=1S/C16H17BrN2/c1-11-5-6-14(17)9-15(11)19-10-13-4-2-3-12-7-8-18-16(12)13/h2-6,9,18-19H,7-8,10H2,1H3. The zero-order valence-electron chi connectivity index (χ0n) is 11.0. The number of rotatable bonds is 3. The van der Waals surface area contributed by atoms with Crippen LogP contribution in [0.2, 0.25) is 0 Å². The second kappa shape index (κ2) is 5.25. The molecular formula is C16H17BrN2. The summed E-state index contributed by atoms with van der Waals surface area (Å²) in [5, 5.41) is 7.01. The fraction of sp³-hybridized carbons (Fsp3) is 0.250. The first kappa shape index (κ1) is 12.5. The summed E-state index contributed by atoms with van der Waals surface area (Å²) in [6.07, 6.45) is 1.14. The van der Waals surface area contributed by atoms with E-state index in [2.05, 4.69) is 69.9 Å². The van der Waals surface area contributed by atoms with Crippen LogP contribution in [-0.2, 0) is 13.0 Å². The molecule has 2 aromatic carbocycles. The molecule has 98 valence electrons. The Labute approximate surface area is 122 Å². The van der Waals surface area contributed by atoms with E-state index in [1.165, 1.54) is 28.1 Å². The van der Waals surface area contributed by atoms with Gasteiger partial charge in [-0.3, -0.25) is 0 Å². The van der Waals surface area contributed by atoms with Crippen LogP contribution < -0.4 is 10.6 Å². The summed E-state index contributed by atoms with van der Waals surface area (Å²) in [4.78, 5) is 0. The van der Waals surface area contributed by atoms with Crippen molar-refractivity contribution >= 4 is 27.3 Å². The number of aryl methyl sites for hydroxylation is 1. The molecule has 0 fully saturated rings. The molecule has 2 aromatic rings. The van der Waals surface area contributed by atoms with Crippen LogP contribution in [0.3, 0.4) is 0 Å². The predicted molar refractivity (Wildman–Crippen MR) is 84.8 cm³/mol. The highest BCUT2D eigenvalue weighted by atomic mass is 79.9. The van der Waals surface area contributed by atoms with Crippen molar-refractivity contribution in [3.05, 3.63) is 57.6 Å². The van der Waals surface area contributed by atoms with Crippen LogP contribution in [-0.4, -0.2) is 6.54 Å². The number of nitrogens with one attached hydrogen (secondary N) is 2. The minimum atomic E-state index is 0.855. The van der Waals surface area contributed by atoms with Gasteiger partial charge in [-0.15, -0.1) is 0 Å². The van der Waals surface area contributed by atoms with Gasteiger partial charge >= 0.3 is 0 Å². The average molecular weight is 317 g/mol. The van der Waals surface area contributed by atoms with E-state index in [-0.39, 0.29) is 0 Å². The van der Waals surface area contributed by atoms with Crippen molar-refractivity contribution in [2.75, 3.05) is 17.2 Å². The number of halogens is 1. The Bertz CT molecular complexity index is 608. The molecule has 19 heavy (non-hydrogen) atoms. The number of fused-ring (bicyclic) bond motifs is 1. The third-order valence-corrected chi connectivity index (χ3v) is 4.10. The third-order valence-electron chi connectivity index (χ3n) is 3.60. The molecule has 0 radical (unpaired) electrons. The molecule has 0 saturated carbocycles. The van der Waals surface area contributed by atoms with Crippen LogP contribution in [0.25, 0.3) is 0 Å². The lowest BCUT2D eigenvalue weighted by atomic mass is 10.1. The maximum Gasteiger partial charge on any atom is 0.0424 e. The summed E-state index contributed by atoms with van der Waals surface area (Å²) in [5.41, 5.74) is 6.55. The van der Waals surface area contributed by atoms with Crippen molar-refractivity contribution in [3.63, 3.8) is 0 Å². The molecule has 0 bridgehead atoms. The van der Waals surface area contributed by atoms with Gasteiger partial charge in [0.25, 0.3) is 0 Å². The summed E-state index contributed by atoms with van der Waals surface area (Å²) >= 11 is 3.52. The van der Waals surface area contributed by atoms with Gasteiger partial charge in [0, 0.05) is 28.9 Å². The Balaban J connectivity index is 1.80. The molecule has 0 aromatic heterocycles. The Morgan fingerprint density at radius 1 is 1.26 bits per heavy atom. The van der Waals surface area contributed by atoms with E-state index >= 15 is 0 Å². The second-order valence-electron chi connectivity index (χ2n) is 4.94. The van der Waals surface area contributed by atoms with Crippen LogP contribution >= 0.6 is 15.9 Å². The van der Waals surface area contributed by atoms with Gasteiger partial charge in [0.1, 0.15) is 0 Å². The second-order valence-corrected chi connectivity index (χ2v) is 5.86. The molecule has 0 amide bonds. The SMILES string of the molecule is Cc1ccc(Br)cc1NCc1cccc2c1NCC2. The summed E-state index contributed by atoms with van der Waals surface area (Å²) in [5.74, 6) is 0. The minimum Gasteiger partial charge on any atom is -0.384 e. The van der Waals surface area contributed by atoms with Gasteiger partial charge in [0.05, 0.1) is 0 Å². The van der Waals surface area contributed by atoms with E-state index in [0.29, 0.717) is 0 Å². The van der Waals surface area contributed by atoms with Crippen LogP contribution in [0.1, 0.15) is 16.7 Å². The van der Waals surface area contributed by atoms with E-state index in [4.69, 9.17) is 0 Å². The smallest absolute Gasteiger partial charge is 0.0424 e. The van der Waals surface area contributed by atoms with E-state index < -0.39 is 0 Å². The van der Waals surface area contributed by atoms with Gasteiger partial charge in [0.15, 0.2) is 0 Å². The Kier molecular flexibility index (Phi) is 3.47. The van der Waals surface area contributed by atoms with Crippen molar-refractivity contribution in [2.45, 2.75) is 19.9 Å². The monoisotopic (exact) mass is 316 g/mol. The van der Waals surface area contributed by atoms with Crippen molar-refractivity contribution in [3.8, 4) is 0 Å². The maximum atomic E-state index is 3.53. The summed E-state index contributed by atoms with van der Waals surface area (Å²) in [6, 6.07) is 12.9. The third kappa shape index (κ3) is 2.61. The molecule has 0 saturated heterocycles. The molecule has 0 spiro atoms. The molecule has 2 nitrogen and oxygen atoms in total. The number of benzene rings is 2. The van der Waals surface area contributed by atoms with Gasteiger partial charge in [-0.2, -0.15) is 0 Å². The molecule has 0 atom stereocenters. The molecule has 3 rings (SSSR count). The lowest BCUT2D eigenvalue weighted by Gasteiger charge is -2.13. The molecule has 0 unspecified atom stereocenters. The number of para-hydroxylation sites is 1.